The average molecular weight is 468 g/mol. The highest BCUT2D eigenvalue weighted by Crippen LogP contribution is 2.35. The zero-order valence-electron chi connectivity index (χ0n) is 15.6. The molecule has 7 nitrogen and oxygen atoms in total. The van der Waals surface area contributed by atoms with E-state index in [2.05, 4.69) is 20.5 Å². The molecule has 3 aromatic rings. The first-order valence-corrected chi connectivity index (χ1v) is 11.6. The molecule has 1 aliphatic rings. The molecule has 2 aromatic heterocycles. The van der Waals surface area contributed by atoms with Gasteiger partial charge in [0.2, 0.25) is 16.9 Å². The summed E-state index contributed by atoms with van der Waals surface area (Å²) in [6.07, 6.45) is 1.93. The van der Waals surface area contributed by atoms with Crippen molar-refractivity contribution in [2.45, 2.75) is 30.1 Å². The first-order chi connectivity index (χ1) is 14.4. The second-order valence-corrected chi connectivity index (χ2v) is 9.51. The predicted octanol–water partition coefficient (Wildman–Crippen LogP) is 4.19. The highest BCUT2D eigenvalue weighted by atomic mass is 32.2. The van der Waals surface area contributed by atoms with Gasteiger partial charge in [-0.2, -0.15) is 0 Å². The van der Waals surface area contributed by atoms with E-state index in [0.29, 0.717) is 25.9 Å². The number of thioether (sulfide) groups is 1. The van der Waals surface area contributed by atoms with E-state index in [1.54, 1.807) is 10.3 Å². The number of carbonyl (C=O) groups is 2. The number of amides is 2. The van der Waals surface area contributed by atoms with Crippen LogP contribution in [0.5, 0.6) is 0 Å². The molecule has 0 aliphatic heterocycles. The van der Waals surface area contributed by atoms with Crippen LogP contribution in [0.4, 0.5) is 19.0 Å². The molecule has 156 valence electrons. The first-order valence-electron chi connectivity index (χ1n) is 8.87. The third kappa shape index (κ3) is 4.82. The van der Waals surface area contributed by atoms with E-state index < -0.39 is 11.6 Å². The smallest absolute Gasteiger partial charge is 0.236 e. The number of hydrogen-bond donors (Lipinski definition) is 1. The zero-order chi connectivity index (χ0) is 21.3. The number of carbonyl (C=O) groups excluding carboxylic acids is 2. The third-order valence-electron chi connectivity index (χ3n) is 4.15. The fraction of sp³-hybridized carbons (Fsp3) is 0.278. The lowest BCUT2D eigenvalue weighted by Crippen LogP contribution is -2.30. The molecule has 1 saturated carbocycles. The Balaban J connectivity index is 1.33. The molecular formula is C18H15F2N5O2S3. The van der Waals surface area contributed by atoms with Crippen LogP contribution in [0, 0.1) is 11.6 Å². The van der Waals surface area contributed by atoms with Gasteiger partial charge in [-0.1, -0.05) is 23.1 Å². The van der Waals surface area contributed by atoms with Gasteiger partial charge in [0.1, 0.15) is 0 Å². The standard InChI is InChI=1S/C18H15F2N5O2S3/c1-9(26)25(11-3-4-11)17-23-24-18(30-17)29-8-15(27)22-16-21-14(7-28-16)10-2-5-12(19)13(20)6-10/h2,5-7,11H,3-4,8H2,1H3,(H,21,22,27). The number of rotatable bonds is 7. The van der Waals surface area contributed by atoms with Crippen LogP contribution in [0.2, 0.25) is 0 Å². The van der Waals surface area contributed by atoms with Crippen molar-refractivity contribution >= 4 is 56.5 Å². The summed E-state index contributed by atoms with van der Waals surface area (Å²) < 4.78 is 27.0. The topological polar surface area (TPSA) is 88.1 Å². The van der Waals surface area contributed by atoms with Gasteiger partial charge in [-0.3, -0.25) is 14.5 Å². The maximum Gasteiger partial charge on any atom is 0.236 e. The summed E-state index contributed by atoms with van der Waals surface area (Å²) in [5.74, 6) is -2.14. The van der Waals surface area contributed by atoms with Crippen molar-refractivity contribution in [3.63, 3.8) is 0 Å². The maximum atomic E-state index is 13.4. The summed E-state index contributed by atoms with van der Waals surface area (Å²) in [5, 5.41) is 13.3. The molecule has 0 spiro atoms. The molecule has 2 amide bonds. The number of halogens is 2. The van der Waals surface area contributed by atoms with Gasteiger partial charge in [-0.05, 0) is 31.0 Å². The van der Waals surface area contributed by atoms with Gasteiger partial charge in [0.15, 0.2) is 21.1 Å². The Labute approximate surface area is 182 Å². The van der Waals surface area contributed by atoms with E-state index in [4.69, 9.17) is 0 Å². The summed E-state index contributed by atoms with van der Waals surface area (Å²) in [6.45, 7) is 1.50. The van der Waals surface area contributed by atoms with E-state index in [-0.39, 0.29) is 23.6 Å². The molecule has 0 unspecified atom stereocenters. The summed E-state index contributed by atoms with van der Waals surface area (Å²) in [7, 11) is 0. The summed E-state index contributed by atoms with van der Waals surface area (Å²) in [6, 6.07) is 3.72. The van der Waals surface area contributed by atoms with E-state index in [1.165, 1.54) is 47.4 Å². The molecule has 0 bridgehead atoms. The Morgan fingerprint density at radius 1 is 1.27 bits per heavy atom. The predicted molar refractivity (Wildman–Crippen MR) is 113 cm³/mol. The molecule has 30 heavy (non-hydrogen) atoms. The van der Waals surface area contributed by atoms with Gasteiger partial charge in [0.05, 0.1) is 11.4 Å². The number of benzene rings is 1. The summed E-state index contributed by atoms with van der Waals surface area (Å²) in [4.78, 5) is 29.9. The van der Waals surface area contributed by atoms with E-state index >= 15 is 0 Å². The van der Waals surface area contributed by atoms with Crippen LogP contribution >= 0.6 is 34.4 Å². The van der Waals surface area contributed by atoms with Crippen molar-refractivity contribution < 1.29 is 18.4 Å². The van der Waals surface area contributed by atoms with Gasteiger partial charge >= 0.3 is 0 Å². The van der Waals surface area contributed by atoms with Crippen molar-refractivity contribution in [1.29, 1.82) is 0 Å². The fourth-order valence-electron chi connectivity index (χ4n) is 2.64. The zero-order valence-corrected chi connectivity index (χ0v) is 18.0. The molecule has 0 saturated heterocycles. The maximum absolute atomic E-state index is 13.4. The minimum absolute atomic E-state index is 0.0662. The molecule has 1 aromatic carbocycles. The molecular weight excluding hydrogens is 452 g/mol. The molecule has 0 atom stereocenters. The minimum Gasteiger partial charge on any atom is -0.301 e. The van der Waals surface area contributed by atoms with E-state index in [0.717, 1.165) is 25.0 Å². The van der Waals surface area contributed by atoms with Crippen molar-refractivity contribution in [2.24, 2.45) is 0 Å². The van der Waals surface area contributed by atoms with Gasteiger partial charge < -0.3 is 5.32 Å². The monoisotopic (exact) mass is 467 g/mol. The largest absolute Gasteiger partial charge is 0.301 e. The highest BCUT2D eigenvalue weighted by Gasteiger charge is 2.34. The number of nitrogens with one attached hydrogen (secondary N) is 1. The fourth-order valence-corrected chi connectivity index (χ4v) is 5.13. The van der Waals surface area contributed by atoms with E-state index in [9.17, 15) is 18.4 Å². The van der Waals surface area contributed by atoms with Crippen LogP contribution in [0.3, 0.4) is 0 Å². The van der Waals surface area contributed by atoms with Crippen LogP contribution in [0.1, 0.15) is 19.8 Å². The third-order valence-corrected chi connectivity index (χ3v) is 6.96. The Kier molecular flexibility index (Phi) is 6.06. The number of anilines is 2. The lowest BCUT2D eigenvalue weighted by Gasteiger charge is -2.15. The van der Waals surface area contributed by atoms with Crippen LogP contribution < -0.4 is 10.2 Å². The van der Waals surface area contributed by atoms with Gasteiger partial charge in [0.25, 0.3) is 0 Å². The Bertz CT molecular complexity index is 1100. The Hall–Kier alpha value is -2.44. The average Bonchev–Trinajstić information content (AvgIpc) is 3.22. The lowest BCUT2D eigenvalue weighted by atomic mass is 10.2. The Morgan fingerprint density at radius 2 is 2.07 bits per heavy atom. The second-order valence-electron chi connectivity index (χ2n) is 6.47. The molecule has 1 fully saturated rings. The Morgan fingerprint density at radius 3 is 2.77 bits per heavy atom. The van der Waals surface area contributed by atoms with Crippen molar-refractivity contribution in [3.8, 4) is 11.3 Å². The van der Waals surface area contributed by atoms with Crippen LogP contribution in [0.25, 0.3) is 11.3 Å². The molecule has 12 heteroatoms. The highest BCUT2D eigenvalue weighted by molar-refractivity contribution is 8.01. The van der Waals surface area contributed by atoms with Crippen LogP contribution in [-0.4, -0.2) is 38.8 Å². The number of nitrogens with zero attached hydrogens (tertiary/aromatic N) is 4. The number of aromatic nitrogens is 3. The first kappa shape index (κ1) is 20.8. The van der Waals surface area contributed by atoms with Crippen LogP contribution in [-0.2, 0) is 9.59 Å². The SMILES string of the molecule is CC(=O)N(c1nnc(SCC(=O)Nc2nc(-c3ccc(F)c(F)c3)cs2)s1)C1CC1. The van der Waals surface area contributed by atoms with Crippen molar-refractivity contribution in [1.82, 2.24) is 15.2 Å². The van der Waals surface area contributed by atoms with E-state index in [1.807, 2.05) is 0 Å². The van der Waals surface area contributed by atoms with Crippen LogP contribution in [0.15, 0.2) is 27.9 Å². The lowest BCUT2D eigenvalue weighted by molar-refractivity contribution is -0.116. The molecule has 2 heterocycles. The molecule has 1 N–H and O–H groups in total. The second kappa shape index (κ2) is 8.74. The summed E-state index contributed by atoms with van der Waals surface area (Å²) in [5.41, 5.74) is 0.868. The van der Waals surface area contributed by atoms with Gasteiger partial charge in [-0.15, -0.1) is 21.5 Å². The normalized spacial score (nSPS) is 13.3. The van der Waals surface area contributed by atoms with Gasteiger partial charge in [-0.25, -0.2) is 13.8 Å². The van der Waals surface area contributed by atoms with Crippen molar-refractivity contribution in [2.75, 3.05) is 16.0 Å². The number of hydrogen-bond acceptors (Lipinski definition) is 8. The molecule has 4 rings (SSSR count). The molecule has 0 radical (unpaired) electrons. The molecule has 1 aliphatic carbocycles. The quantitative estimate of drug-likeness (QED) is 0.414. The number of thiazole rings is 1. The minimum atomic E-state index is -0.955. The summed E-state index contributed by atoms with van der Waals surface area (Å²) >= 11 is 3.68. The van der Waals surface area contributed by atoms with Crippen molar-refractivity contribution in [3.05, 3.63) is 35.2 Å². The van der Waals surface area contributed by atoms with Gasteiger partial charge in [0, 0.05) is 23.9 Å².